The Kier molecular flexibility index (Phi) is 7.93. The van der Waals surface area contributed by atoms with Gasteiger partial charge in [0.25, 0.3) is 0 Å². The molecule has 1 aliphatic rings. The van der Waals surface area contributed by atoms with Crippen molar-refractivity contribution in [3.05, 3.63) is 0 Å². The first-order chi connectivity index (χ1) is 8.66. The normalized spacial score (nSPS) is 22.2. The molecular weight excluding hydrogens is 223 g/mol. The lowest BCUT2D eigenvalue weighted by Crippen LogP contribution is -2.23. The average molecular weight is 256 g/mol. The molecule has 0 spiro atoms. The first kappa shape index (κ1) is 16.0. The second-order valence-electron chi connectivity index (χ2n) is 6.53. The van der Waals surface area contributed by atoms with E-state index >= 15 is 0 Å². The van der Waals surface area contributed by atoms with Crippen LogP contribution in [0, 0.1) is 5.92 Å². The molecule has 1 rings (SSSR count). The molecule has 1 unspecified atom stereocenters. The summed E-state index contributed by atoms with van der Waals surface area (Å²) in [5.41, 5.74) is -0.809. The molecule has 1 fully saturated rings. The second-order valence-corrected chi connectivity index (χ2v) is 6.53. The molecule has 1 atom stereocenters. The Balaban J connectivity index is 2.11. The molecule has 0 N–H and O–H groups in total. The molecule has 0 radical (unpaired) electrons. The van der Waals surface area contributed by atoms with Gasteiger partial charge in [0.05, 0.1) is 0 Å². The van der Waals surface area contributed by atoms with E-state index in [-0.39, 0.29) is 0 Å². The van der Waals surface area contributed by atoms with E-state index in [1.807, 2.05) is 0 Å². The number of unbranched alkanes of at least 4 members (excludes halogenated alkanes) is 2. The van der Waals surface area contributed by atoms with Gasteiger partial charge in [-0.05, 0) is 25.2 Å². The van der Waals surface area contributed by atoms with Crippen LogP contribution < -0.4 is 0 Å². The number of hydrogen-bond acceptors (Lipinski definition) is 0. The maximum absolute atomic E-state index is 14.7. The van der Waals surface area contributed by atoms with Gasteiger partial charge in [0.15, 0.2) is 0 Å². The standard InChI is InChI=1S/C17H33F/c1-3-16(2)12-8-7-11-15-17(18)13-9-5-4-6-10-14-17/h16H,3-15H2,1-2H3. The Morgan fingerprint density at radius 3 is 2.17 bits per heavy atom. The number of alkyl halides is 1. The van der Waals surface area contributed by atoms with Gasteiger partial charge in [-0.1, -0.05) is 78.1 Å². The Hall–Kier alpha value is -0.0700. The minimum Gasteiger partial charge on any atom is -0.244 e. The maximum atomic E-state index is 14.7. The van der Waals surface area contributed by atoms with Crippen LogP contribution in [-0.2, 0) is 0 Å². The van der Waals surface area contributed by atoms with E-state index in [1.165, 1.54) is 44.9 Å². The molecule has 18 heavy (non-hydrogen) atoms. The Morgan fingerprint density at radius 1 is 0.944 bits per heavy atom. The highest BCUT2D eigenvalue weighted by molar-refractivity contribution is 4.80. The zero-order chi connectivity index (χ0) is 13.3. The third-order valence-corrected chi connectivity index (χ3v) is 4.77. The number of hydrogen-bond donors (Lipinski definition) is 0. The Labute approximate surface area is 114 Å². The minimum atomic E-state index is -0.809. The van der Waals surface area contributed by atoms with Crippen molar-refractivity contribution < 1.29 is 4.39 Å². The van der Waals surface area contributed by atoms with Crippen molar-refractivity contribution in [3.8, 4) is 0 Å². The monoisotopic (exact) mass is 256 g/mol. The molecule has 0 aromatic heterocycles. The smallest absolute Gasteiger partial charge is 0.111 e. The van der Waals surface area contributed by atoms with Gasteiger partial charge in [-0.25, -0.2) is 4.39 Å². The third-order valence-electron chi connectivity index (χ3n) is 4.77. The largest absolute Gasteiger partial charge is 0.244 e. The molecule has 1 heteroatoms. The fourth-order valence-corrected chi connectivity index (χ4v) is 3.10. The van der Waals surface area contributed by atoms with Crippen molar-refractivity contribution in [2.45, 2.75) is 103 Å². The van der Waals surface area contributed by atoms with Crippen LogP contribution in [0.3, 0.4) is 0 Å². The molecule has 0 aliphatic heterocycles. The van der Waals surface area contributed by atoms with E-state index in [2.05, 4.69) is 13.8 Å². The fraction of sp³-hybridized carbons (Fsp3) is 1.00. The van der Waals surface area contributed by atoms with Crippen molar-refractivity contribution in [1.29, 1.82) is 0 Å². The molecule has 1 aliphatic carbocycles. The van der Waals surface area contributed by atoms with Gasteiger partial charge in [-0.3, -0.25) is 0 Å². The van der Waals surface area contributed by atoms with Crippen molar-refractivity contribution in [1.82, 2.24) is 0 Å². The summed E-state index contributed by atoms with van der Waals surface area (Å²) in [6.45, 7) is 4.58. The molecule has 1 saturated carbocycles. The van der Waals surface area contributed by atoms with E-state index in [4.69, 9.17) is 0 Å². The lowest BCUT2D eigenvalue weighted by molar-refractivity contribution is 0.106. The molecule has 0 nitrogen and oxygen atoms in total. The highest BCUT2D eigenvalue weighted by Crippen LogP contribution is 2.34. The Bertz CT molecular complexity index is 192. The van der Waals surface area contributed by atoms with Gasteiger partial charge < -0.3 is 0 Å². The summed E-state index contributed by atoms with van der Waals surface area (Å²) in [6.07, 6.45) is 14.8. The molecule has 0 amide bonds. The topological polar surface area (TPSA) is 0 Å². The summed E-state index contributed by atoms with van der Waals surface area (Å²) in [5, 5.41) is 0. The van der Waals surface area contributed by atoms with Crippen LogP contribution in [0.1, 0.15) is 97.3 Å². The molecule has 0 bridgehead atoms. The summed E-state index contributed by atoms with van der Waals surface area (Å²) >= 11 is 0. The quantitative estimate of drug-likeness (QED) is 0.460. The summed E-state index contributed by atoms with van der Waals surface area (Å²) in [5.74, 6) is 0.853. The minimum absolute atomic E-state index is 0.809. The maximum Gasteiger partial charge on any atom is 0.111 e. The van der Waals surface area contributed by atoms with Gasteiger partial charge in [-0.2, -0.15) is 0 Å². The second kappa shape index (κ2) is 8.93. The summed E-state index contributed by atoms with van der Waals surface area (Å²) in [6, 6.07) is 0. The Morgan fingerprint density at radius 2 is 1.56 bits per heavy atom. The van der Waals surface area contributed by atoms with E-state index in [0.29, 0.717) is 0 Å². The van der Waals surface area contributed by atoms with E-state index < -0.39 is 5.67 Å². The van der Waals surface area contributed by atoms with Crippen molar-refractivity contribution in [2.24, 2.45) is 5.92 Å². The van der Waals surface area contributed by atoms with Gasteiger partial charge in [0.2, 0.25) is 0 Å². The summed E-state index contributed by atoms with van der Waals surface area (Å²) in [7, 11) is 0. The highest BCUT2D eigenvalue weighted by Gasteiger charge is 2.28. The zero-order valence-corrected chi connectivity index (χ0v) is 12.6. The molecule has 0 heterocycles. The van der Waals surface area contributed by atoms with Crippen LogP contribution in [0.2, 0.25) is 0 Å². The predicted molar refractivity (Wildman–Crippen MR) is 78.7 cm³/mol. The average Bonchev–Trinajstić information content (AvgIpc) is 2.34. The van der Waals surface area contributed by atoms with Crippen LogP contribution in [0.25, 0.3) is 0 Å². The summed E-state index contributed by atoms with van der Waals surface area (Å²) < 4.78 is 14.7. The molecular formula is C17H33F. The number of rotatable bonds is 7. The van der Waals surface area contributed by atoms with Crippen molar-refractivity contribution >= 4 is 0 Å². The van der Waals surface area contributed by atoms with Crippen LogP contribution in [0.4, 0.5) is 4.39 Å². The van der Waals surface area contributed by atoms with Gasteiger partial charge >= 0.3 is 0 Å². The zero-order valence-electron chi connectivity index (χ0n) is 12.6. The van der Waals surface area contributed by atoms with Crippen LogP contribution in [0.15, 0.2) is 0 Å². The van der Waals surface area contributed by atoms with Crippen LogP contribution in [-0.4, -0.2) is 5.67 Å². The molecule has 108 valence electrons. The van der Waals surface area contributed by atoms with E-state index in [1.54, 1.807) is 0 Å². The molecule has 0 aromatic rings. The SMILES string of the molecule is CCC(C)CCCCCC1(F)CCCCCCC1. The molecule has 0 aromatic carbocycles. The number of halogens is 1. The van der Waals surface area contributed by atoms with E-state index in [9.17, 15) is 4.39 Å². The predicted octanol–water partition coefficient (Wildman–Crippen LogP) is 6.44. The van der Waals surface area contributed by atoms with Gasteiger partial charge in [-0.15, -0.1) is 0 Å². The third kappa shape index (κ3) is 6.75. The summed E-state index contributed by atoms with van der Waals surface area (Å²) in [4.78, 5) is 0. The van der Waals surface area contributed by atoms with Crippen molar-refractivity contribution in [2.75, 3.05) is 0 Å². The lowest BCUT2D eigenvalue weighted by atomic mass is 9.84. The van der Waals surface area contributed by atoms with Crippen LogP contribution in [0.5, 0.6) is 0 Å². The van der Waals surface area contributed by atoms with Gasteiger partial charge in [0, 0.05) is 0 Å². The lowest BCUT2D eigenvalue weighted by Gasteiger charge is -2.27. The van der Waals surface area contributed by atoms with Crippen LogP contribution >= 0.6 is 0 Å². The highest BCUT2D eigenvalue weighted by atomic mass is 19.1. The first-order valence-corrected chi connectivity index (χ1v) is 8.35. The van der Waals surface area contributed by atoms with Gasteiger partial charge in [0.1, 0.15) is 5.67 Å². The van der Waals surface area contributed by atoms with E-state index in [0.717, 1.165) is 44.4 Å². The van der Waals surface area contributed by atoms with Crippen molar-refractivity contribution in [3.63, 3.8) is 0 Å². The molecule has 0 saturated heterocycles. The first-order valence-electron chi connectivity index (χ1n) is 8.35. The fourth-order valence-electron chi connectivity index (χ4n) is 3.10.